The van der Waals surface area contributed by atoms with Crippen LogP contribution in [0.1, 0.15) is 17.5 Å². The lowest BCUT2D eigenvalue weighted by Gasteiger charge is -2.33. The summed E-state index contributed by atoms with van der Waals surface area (Å²) in [6, 6.07) is 13.9. The Hall–Kier alpha value is -2.90. The molecule has 7 heteroatoms. The lowest BCUT2D eigenvalue weighted by atomic mass is 10.2. The SMILES string of the molecule is CCOc1ccc(/C=C/C(=O)N2CCN(Cc3nc4ccccc4s3)CC2)cc1OC. The molecule has 1 aliphatic rings. The van der Waals surface area contributed by atoms with Crippen LogP contribution >= 0.6 is 11.3 Å². The van der Waals surface area contributed by atoms with E-state index in [4.69, 9.17) is 14.5 Å². The summed E-state index contributed by atoms with van der Waals surface area (Å²) >= 11 is 1.75. The van der Waals surface area contributed by atoms with Crippen molar-refractivity contribution in [2.75, 3.05) is 39.9 Å². The molecule has 162 valence electrons. The number of piperazine rings is 1. The number of ether oxygens (including phenoxy) is 2. The highest BCUT2D eigenvalue weighted by molar-refractivity contribution is 7.18. The van der Waals surface area contributed by atoms with Crippen molar-refractivity contribution in [3.8, 4) is 11.5 Å². The second-order valence-electron chi connectivity index (χ2n) is 7.35. The molecule has 0 unspecified atom stereocenters. The highest BCUT2D eigenvalue weighted by Crippen LogP contribution is 2.28. The second-order valence-corrected chi connectivity index (χ2v) is 8.47. The first-order valence-electron chi connectivity index (χ1n) is 10.5. The van der Waals surface area contributed by atoms with Crippen LogP contribution in [0.4, 0.5) is 0 Å². The highest BCUT2D eigenvalue weighted by atomic mass is 32.1. The Bertz CT molecular complexity index is 1040. The van der Waals surface area contributed by atoms with Gasteiger partial charge in [0.15, 0.2) is 11.5 Å². The summed E-state index contributed by atoms with van der Waals surface area (Å²) in [7, 11) is 1.62. The van der Waals surface area contributed by atoms with Gasteiger partial charge in [0, 0.05) is 32.3 Å². The number of rotatable bonds is 7. The first-order chi connectivity index (χ1) is 15.2. The monoisotopic (exact) mass is 437 g/mol. The molecule has 6 nitrogen and oxygen atoms in total. The number of methoxy groups -OCH3 is 1. The maximum Gasteiger partial charge on any atom is 0.246 e. The molecule has 2 heterocycles. The molecular formula is C24H27N3O3S. The number of para-hydroxylation sites is 1. The van der Waals surface area contributed by atoms with Crippen molar-refractivity contribution in [2.45, 2.75) is 13.5 Å². The molecular weight excluding hydrogens is 410 g/mol. The number of aromatic nitrogens is 1. The van der Waals surface area contributed by atoms with E-state index in [1.807, 2.05) is 48.2 Å². The van der Waals surface area contributed by atoms with Crippen molar-refractivity contribution in [1.82, 2.24) is 14.8 Å². The fourth-order valence-electron chi connectivity index (χ4n) is 3.64. The molecule has 0 atom stereocenters. The molecule has 0 radical (unpaired) electrons. The fourth-order valence-corrected chi connectivity index (χ4v) is 4.65. The number of nitrogens with zero attached hydrogens (tertiary/aromatic N) is 3. The van der Waals surface area contributed by atoms with Gasteiger partial charge >= 0.3 is 0 Å². The average Bonchev–Trinajstić information content (AvgIpc) is 3.21. The van der Waals surface area contributed by atoms with E-state index in [2.05, 4.69) is 17.0 Å². The van der Waals surface area contributed by atoms with Gasteiger partial charge in [-0.2, -0.15) is 0 Å². The highest BCUT2D eigenvalue weighted by Gasteiger charge is 2.20. The minimum Gasteiger partial charge on any atom is -0.493 e. The van der Waals surface area contributed by atoms with Crippen LogP contribution < -0.4 is 9.47 Å². The Balaban J connectivity index is 1.30. The van der Waals surface area contributed by atoms with Gasteiger partial charge in [0.2, 0.25) is 5.91 Å². The largest absolute Gasteiger partial charge is 0.493 e. The first kappa shape index (κ1) is 21.3. The van der Waals surface area contributed by atoms with Crippen LogP contribution in [0.15, 0.2) is 48.5 Å². The van der Waals surface area contributed by atoms with E-state index >= 15 is 0 Å². The van der Waals surface area contributed by atoms with E-state index < -0.39 is 0 Å². The molecule has 1 aliphatic heterocycles. The van der Waals surface area contributed by atoms with E-state index in [0.717, 1.165) is 48.8 Å². The normalized spacial score (nSPS) is 15.0. The minimum atomic E-state index is 0.0347. The van der Waals surface area contributed by atoms with Crippen molar-refractivity contribution in [3.63, 3.8) is 0 Å². The van der Waals surface area contributed by atoms with Crippen LogP contribution in [0.2, 0.25) is 0 Å². The predicted octanol–water partition coefficient (Wildman–Crippen LogP) is 4.06. The third-order valence-corrected chi connectivity index (χ3v) is 6.31. The Morgan fingerprint density at radius 2 is 1.94 bits per heavy atom. The van der Waals surface area contributed by atoms with Gasteiger partial charge < -0.3 is 14.4 Å². The zero-order valence-corrected chi connectivity index (χ0v) is 18.7. The van der Waals surface area contributed by atoms with Crippen LogP contribution in [0, 0.1) is 0 Å². The summed E-state index contributed by atoms with van der Waals surface area (Å²) in [5.74, 6) is 1.41. The smallest absolute Gasteiger partial charge is 0.246 e. The lowest BCUT2D eigenvalue weighted by Crippen LogP contribution is -2.47. The standard InChI is InChI=1S/C24H27N3O3S/c1-3-30-20-10-8-18(16-21(20)29-2)9-11-24(28)27-14-12-26(13-15-27)17-23-25-19-6-4-5-7-22(19)31-23/h4-11,16H,3,12-15,17H2,1-2H3/b11-9+. The van der Waals surface area contributed by atoms with E-state index in [1.165, 1.54) is 4.70 Å². The van der Waals surface area contributed by atoms with Crippen LogP contribution in [0.25, 0.3) is 16.3 Å². The number of thiazole rings is 1. The summed E-state index contributed by atoms with van der Waals surface area (Å²) in [5.41, 5.74) is 1.97. The zero-order valence-electron chi connectivity index (χ0n) is 17.9. The van der Waals surface area contributed by atoms with Gasteiger partial charge in [0.25, 0.3) is 0 Å². The van der Waals surface area contributed by atoms with Gasteiger partial charge in [0.05, 0.1) is 30.5 Å². The van der Waals surface area contributed by atoms with Crippen molar-refractivity contribution in [3.05, 3.63) is 59.1 Å². The topological polar surface area (TPSA) is 54.9 Å². The molecule has 0 bridgehead atoms. The van der Waals surface area contributed by atoms with Crippen LogP contribution in [0.5, 0.6) is 11.5 Å². The van der Waals surface area contributed by atoms with Gasteiger partial charge in [0.1, 0.15) is 5.01 Å². The molecule has 1 fully saturated rings. The third kappa shape index (κ3) is 5.24. The number of amides is 1. The van der Waals surface area contributed by atoms with Crippen molar-refractivity contribution < 1.29 is 14.3 Å². The van der Waals surface area contributed by atoms with Crippen LogP contribution in [-0.2, 0) is 11.3 Å². The van der Waals surface area contributed by atoms with E-state index in [1.54, 1.807) is 24.5 Å². The number of benzene rings is 2. The van der Waals surface area contributed by atoms with Gasteiger partial charge in [-0.15, -0.1) is 11.3 Å². The predicted molar refractivity (Wildman–Crippen MR) is 125 cm³/mol. The summed E-state index contributed by atoms with van der Waals surface area (Å²) in [5, 5.41) is 1.13. The molecule has 0 N–H and O–H groups in total. The summed E-state index contributed by atoms with van der Waals surface area (Å²) in [4.78, 5) is 21.6. The number of carbonyl (C=O) groups excluding carboxylic acids is 1. The molecule has 0 aliphatic carbocycles. The summed E-state index contributed by atoms with van der Waals surface area (Å²) < 4.78 is 12.1. The fraction of sp³-hybridized carbons (Fsp3) is 0.333. The van der Waals surface area contributed by atoms with Crippen molar-refractivity contribution in [1.29, 1.82) is 0 Å². The van der Waals surface area contributed by atoms with E-state index in [0.29, 0.717) is 18.1 Å². The Morgan fingerprint density at radius 1 is 1.13 bits per heavy atom. The average molecular weight is 438 g/mol. The van der Waals surface area contributed by atoms with Crippen LogP contribution in [-0.4, -0.2) is 60.6 Å². The van der Waals surface area contributed by atoms with Gasteiger partial charge in [-0.05, 0) is 42.8 Å². The van der Waals surface area contributed by atoms with Gasteiger partial charge in [-0.25, -0.2) is 4.98 Å². The van der Waals surface area contributed by atoms with E-state index in [9.17, 15) is 4.79 Å². The quantitative estimate of drug-likeness (QED) is 0.522. The number of carbonyl (C=O) groups is 1. The molecule has 4 rings (SSSR count). The number of hydrogen-bond donors (Lipinski definition) is 0. The molecule has 1 amide bonds. The summed E-state index contributed by atoms with van der Waals surface area (Å²) in [6.07, 6.45) is 3.46. The Labute approximate surface area is 186 Å². The maximum absolute atomic E-state index is 12.6. The molecule has 1 aromatic heterocycles. The van der Waals surface area contributed by atoms with Crippen molar-refractivity contribution in [2.24, 2.45) is 0 Å². The van der Waals surface area contributed by atoms with Gasteiger partial charge in [-0.3, -0.25) is 9.69 Å². The molecule has 31 heavy (non-hydrogen) atoms. The number of fused-ring (bicyclic) bond motifs is 1. The Morgan fingerprint density at radius 3 is 2.68 bits per heavy atom. The lowest BCUT2D eigenvalue weighted by molar-refractivity contribution is -0.127. The molecule has 0 spiro atoms. The molecule has 3 aromatic rings. The number of hydrogen-bond acceptors (Lipinski definition) is 6. The van der Waals surface area contributed by atoms with Crippen molar-refractivity contribution >= 4 is 33.5 Å². The first-order valence-corrected chi connectivity index (χ1v) is 11.3. The zero-order chi connectivity index (χ0) is 21.6. The molecule has 2 aromatic carbocycles. The van der Waals surface area contributed by atoms with Gasteiger partial charge in [-0.1, -0.05) is 18.2 Å². The molecule has 0 saturated carbocycles. The maximum atomic E-state index is 12.6. The van der Waals surface area contributed by atoms with Crippen LogP contribution in [0.3, 0.4) is 0 Å². The minimum absolute atomic E-state index is 0.0347. The second kappa shape index (κ2) is 9.94. The van der Waals surface area contributed by atoms with E-state index in [-0.39, 0.29) is 5.91 Å². The third-order valence-electron chi connectivity index (χ3n) is 5.29. The Kier molecular flexibility index (Phi) is 6.84. The molecule has 1 saturated heterocycles. The summed E-state index contributed by atoms with van der Waals surface area (Å²) in [6.45, 7) is 6.50.